The summed E-state index contributed by atoms with van der Waals surface area (Å²) in [6, 6.07) is 0. The van der Waals surface area contributed by atoms with Gasteiger partial charge in [0.05, 0.1) is 12.2 Å². The monoisotopic (exact) mass is 432 g/mol. The summed E-state index contributed by atoms with van der Waals surface area (Å²) in [6.07, 6.45) is 9.22. The Morgan fingerprint density at radius 3 is 2.52 bits per heavy atom. The number of carbonyl (C=O) groups excluding carboxylic acids is 2. The standard InChI is InChI=1S/C27H44O4/c1-16(2)31-24(30)9-6-17(3)20-7-8-21-25-22(11-13-27(20,21)5)26(4)12-10-19(28)14-18(26)15-23(25)29/h16-18,20-23,25,29H,6-15H2,1-5H3/t17-,18?,20?,21?,22?,23+,25?,26+,27-/m1/s1. The van der Waals surface area contributed by atoms with Crippen LogP contribution in [0.4, 0.5) is 0 Å². The Kier molecular flexibility index (Phi) is 6.35. The number of ketones is 1. The molecule has 0 heterocycles. The van der Waals surface area contributed by atoms with E-state index in [9.17, 15) is 14.7 Å². The molecule has 31 heavy (non-hydrogen) atoms. The van der Waals surface area contributed by atoms with Crippen molar-refractivity contribution in [2.24, 2.45) is 46.3 Å². The Morgan fingerprint density at radius 1 is 1.10 bits per heavy atom. The van der Waals surface area contributed by atoms with Gasteiger partial charge in [-0.3, -0.25) is 9.59 Å². The summed E-state index contributed by atoms with van der Waals surface area (Å²) in [4.78, 5) is 24.2. The van der Waals surface area contributed by atoms with Crippen molar-refractivity contribution in [3.8, 4) is 0 Å². The molecule has 176 valence electrons. The van der Waals surface area contributed by atoms with Gasteiger partial charge in [0.25, 0.3) is 0 Å². The van der Waals surface area contributed by atoms with E-state index in [0.29, 0.717) is 54.1 Å². The lowest BCUT2D eigenvalue weighted by Crippen LogP contribution is -2.58. The minimum absolute atomic E-state index is 0.0421. The highest BCUT2D eigenvalue weighted by Crippen LogP contribution is 2.68. The molecule has 0 radical (unpaired) electrons. The summed E-state index contributed by atoms with van der Waals surface area (Å²) in [5.41, 5.74) is 0.487. The van der Waals surface area contributed by atoms with Crippen molar-refractivity contribution in [2.45, 2.75) is 111 Å². The summed E-state index contributed by atoms with van der Waals surface area (Å²) < 4.78 is 5.35. The Hall–Kier alpha value is -0.900. The second-order valence-electron chi connectivity index (χ2n) is 12.3. The average molecular weight is 433 g/mol. The van der Waals surface area contributed by atoms with Crippen LogP contribution in [0, 0.1) is 46.3 Å². The van der Waals surface area contributed by atoms with E-state index in [0.717, 1.165) is 25.7 Å². The zero-order chi connectivity index (χ0) is 22.6. The fraction of sp³-hybridized carbons (Fsp3) is 0.926. The lowest BCUT2D eigenvalue weighted by molar-refractivity contribution is -0.169. The number of fused-ring (bicyclic) bond motifs is 5. The van der Waals surface area contributed by atoms with E-state index in [1.165, 1.54) is 25.7 Å². The van der Waals surface area contributed by atoms with Gasteiger partial charge in [-0.2, -0.15) is 0 Å². The van der Waals surface area contributed by atoms with Gasteiger partial charge in [0.2, 0.25) is 0 Å². The molecule has 4 rings (SSSR count). The van der Waals surface area contributed by atoms with E-state index in [1.54, 1.807) is 0 Å². The predicted octanol–water partition coefficient (Wildman–Crippen LogP) is 5.55. The number of esters is 1. The van der Waals surface area contributed by atoms with Crippen molar-refractivity contribution in [1.29, 1.82) is 0 Å². The van der Waals surface area contributed by atoms with Gasteiger partial charge in [-0.25, -0.2) is 0 Å². The van der Waals surface area contributed by atoms with Crippen LogP contribution in [0.15, 0.2) is 0 Å². The Balaban J connectivity index is 1.48. The van der Waals surface area contributed by atoms with E-state index in [2.05, 4.69) is 20.8 Å². The number of Topliss-reactive ketones (excluding diaryl/α,β-unsaturated/α-hetero) is 1. The highest BCUT2D eigenvalue weighted by Gasteiger charge is 2.62. The largest absolute Gasteiger partial charge is 0.463 e. The predicted molar refractivity (Wildman–Crippen MR) is 121 cm³/mol. The van der Waals surface area contributed by atoms with Gasteiger partial charge in [0.1, 0.15) is 5.78 Å². The van der Waals surface area contributed by atoms with Gasteiger partial charge in [-0.15, -0.1) is 0 Å². The molecule has 0 aromatic carbocycles. The molecular weight excluding hydrogens is 388 g/mol. The molecule has 5 unspecified atom stereocenters. The molecule has 0 aromatic heterocycles. The molecule has 0 bridgehead atoms. The summed E-state index contributed by atoms with van der Waals surface area (Å²) in [5.74, 6) is 3.35. The maximum absolute atomic E-state index is 12.1. The minimum Gasteiger partial charge on any atom is -0.463 e. The van der Waals surface area contributed by atoms with Gasteiger partial charge in [-0.05, 0) is 105 Å². The minimum atomic E-state index is -0.256. The van der Waals surface area contributed by atoms with Crippen LogP contribution >= 0.6 is 0 Å². The molecular formula is C27H44O4. The van der Waals surface area contributed by atoms with Gasteiger partial charge in [0.15, 0.2) is 0 Å². The number of aliphatic hydroxyl groups excluding tert-OH is 1. The van der Waals surface area contributed by atoms with Crippen molar-refractivity contribution in [2.75, 3.05) is 0 Å². The van der Waals surface area contributed by atoms with Crippen LogP contribution in [-0.2, 0) is 14.3 Å². The molecule has 0 amide bonds. The van der Waals surface area contributed by atoms with E-state index >= 15 is 0 Å². The molecule has 1 N–H and O–H groups in total. The van der Waals surface area contributed by atoms with E-state index < -0.39 is 0 Å². The van der Waals surface area contributed by atoms with Crippen molar-refractivity contribution >= 4 is 11.8 Å². The van der Waals surface area contributed by atoms with Crippen molar-refractivity contribution in [1.82, 2.24) is 0 Å². The van der Waals surface area contributed by atoms with E-state index in [1.807, 2.05) is 13.8 Å². The number of ether oxygens (including phenoxy) is 1. The Morgan fingerprint density at radius 2 is 1.81 bits per heavy atom. The third kappa shape index (κ3) is 4.00. The van der Waals surface area contributed by atoms with Gasteiger partial charge < -0.3 is 9.84 Å². The van der Waals surface area contributed by atoms with Gasteiger partial charge >= 0.3 is 5.97 Å². The van der Waals surface area contributed by atoms with Crippen molar-refractivity contribution < 1.29 is 19.4 Å². The molecule has 9 atom stereocenters. The number of aliphatic hydroxyl groups is 1. The summed E-state index contributed by atoms with van der Waals surface area (Å²) in [7, 11) is 0. The van der Waals surface area contributed by atoms with Crippen LogP contribution in [0.2, 0.25) is 0 Å². The summed E-state index contributed by atoms with van der Waals surface area (Å²) >= 11 is 0. The topological polar surface area (TPSA) is 63.6 Å². The first-order chi connectivity index (χ1) is 14.6. The first-order valence-corrected chi connectivity index (χ1v) is 13.0. The Bertz CT molecular complexity index is 701. The first-order valence-electron chi connectivity index (χ1n) is 13.0. The molecule has 4 heteroatoms. The highest BCUT2D eigenvalue weighted by molar-refractivity contribution is 5.79. The van der Waals surface area contributed by atoms with Crippen LogP contribution in [0.3, 0.4) is 0 Å². The lowest BCUT2D eigenvalue weighted by Gasteiger charge is -2.62. The van der Waals surface area contributed by atoms with E-state index in [-0.39, 0.29) is 29.0 Å². The molecule has 0 aliphatic heterocycles. The lowest BCUT2D eigenvalue weighted by atomic mass is 9.44. The number of carbonyl (C=O) groups is 2. The fourth-order valence-electron chi connectivity index (χ4n) is 8.86. The first kappa shape index (κ1) is 23.3. The maximum atomic E-state index is 12.1. The number of hydrogen-bond donors (Lipinski definition) is 1. The quantitative estimate of drug-likeness (QED) is 0.578. The molecule has 4 aliphatic carbocycles. The second-order valence-corrected chi connectivity index (χ2v) is 12.3. The molecule has 4 nitrogen and oxygen atoms in total. The van der Waals surface area contributed by atoms with Crippen LogP contribution in [0.25, 0.3) is 0 Å². The van der Waals surface area contributed by atoms with Crippen LogP contribution in [0.1, 0.15) is 98.8 Å². The van der Waals surface area contributed by atoms with E-state index in [4.69, 9.17) is 4.74 Å². The third-order valence-electron chi connectivity index (χ3n) is 10.4. The summed E-state index contributed by atoms with van der Waals surface area (Å²) in [5, 5.41) is 11.3. The van der Waals surface area contributed by atoms with Crippen molar-refractivity contribution in [3.63, 3.8) is 0 Å². The highest BCUT2D eigenvalue weighted by atomic mass is 16.5. The second kappa shape index (κ2) is 8.47. The molecule has 4 aliphatic rings. The molecule has 0 saturated heterocycles. The van der Waals surface area contributed by atoms with Gasteiger partial charge in [-0.1, -0.05) is 20.8 Å². The van der Waals surface area contributed by atoms with Crippen molar-refractivity contribution in [3.05, 3.63) is 0 Å². The normalized spacial score (nSPS) is 45.6. The summed E-state index contributed by atoms with van der Waals surface area (Å²) in [6.45, 7) is 11.1. The SMILES string of the molecule is CC(C)OC(=O)CC[C@@H](C)C1CCC2C3C(CC[C@@]21C)[C@@]1(C)CCC(=O)CC1C[C@@H]3O. The molecule has 0 aromatic rings. The van der Waals surface area contributed by atoms with Crippen LogP contribution in [0.5, 0.6) is 0 Å². The molecule has 4 fully saturated rings. The molecule has 4 saturated carbocycles. The van der Waals surface area contributed by atoms with Crippen LogP contribution < -0.4 is 0 Å². The Labute approximate surface area is 188 Å². The smallest absolute Gasteiger partial charge is 0.306 e. The molecule has 0 spiro atoms. The number of hydrogen-bond acceptors (Lipinski definition) is 4. The third-order valence-corrected chi connectivity index (χ3v) is 10.4. The van der Waals surface area contributed by atoms with Gasteiger partial charge in [0, 0.05) is 19.3 Å². The maximum Gasteiger partial charge on any atom is 0.306 e. The zero-order valence-corrected chi connectivity index (χ0v) is 20.4. The average Bonchev–Trinajstić information content (AvgIpc) is 3.04. The zero-order valence-electron chi connectivity index (χ0n) is 20.4. The fourth-order valence-corrected chi connectivity index (χ4v) is 8.86. The van der Waals surface area contributed by atoms with Crippen LogP contribution in [-0.4, -0.2) is 29.1 Å². The number of rotatable bonds is 5.